The summed E-state index contributed by atoms with van der Waals surface area (Å²) in [6, 6.07) is 7.35. The molecule has 13 heavy (non-hydrogen) atoms. The minimum absolute atomic E-state index is 0.715. The molecule has 66 valence electrons. The van der Waals surface area contributed by atoms with Crippen molar-refractivity contribution in [2.75, 3.05) is 0 Å². The lowest BCUT2D eigenvalue weighted by molar-refractivity contribution is 0.627. The topological polar surface area (TPSA) is 49.9 Å². The molecule has 1 aromatic carbocycles. The predicted octanol–water partition coefficient (Wildman–Crippen LogP) is 1.20. The summed E-state index contributed by atoms with van der Waals surface area (Å²) in [5.74, 6) is 0. The minimum Gasteiger partial charge on any atom is -0.361 e. The molecule has 3 nitrogen and oxygen atoms in total. The van der Waals surface area contributed by atoms with E-state index >= 15 is 0 Å². The van der Waals surface area contributed by atoms with Crippen LogP contribution in [-0.2, 0) is 10.3 Å². The van der Waals surface area contributed by atoms with E-state index in [9.17, 15) is 8.42 Å². The van der Waals surface area contributed by atoms with Crippen LogP contribution in [0.3, 0.4) is 0 Å². The average Bonchev–Trinajstić information content (AvgIpc) is 2.51. The first-order valence-electron chi connectivity index (χ1n) is 3.76. The Kier molecular flexibility index (Phi) is 1.90. The van der Waals surface area contributed by atoms with Crippen LogP contribution < -0.4 is 0 Å². The molecule has 0 aliphatic rings. The lowest BCUT2D eigenvalue weighted by Gasteiger charge is -1.92. The number of hydrogen-bond donors (Lipinski definition) is 1. The fourth-order valence-corrected chi connectivity index (χ4v) is 1.73. The highest BCUT2D eigenvalue weighted by molar-refractivity contribution is 7.71. The van der Waals surface area contributed by atoms with Gasteiger partial charge in [-0.25, -0.2) is 0 Å². The summed E-state index contributed by atoms with van der Waals surface area (Å²) in [4.78, 5) is 3.01. The molecule has 2 rings (SSSR count). The molecule has 0 radical (unpaired) electrons. The molecule has 0 saturated carbocycles. The van der Waals surface area contributed by atoms with Crippen LogP contribution in [0.25, 0.3) is 10.9 Å². The van der Waals surface area contributed by atoms with Gasteiger partial charge in [0.2, 0.25) is 10.3 Å². The second-order valence-electron chi connectivity index (χ2n) is 2.66. The van der Waals surface area contributed by atoms with Gasteiger partial charge in [-0.05, 0) is 17.7 Å². The molecule has 1 heterocycles. The number of nitrogens with one attached hydrogen (secondary N) is 1. The minimum atomic E-state index is -2.15. The molecule has 0 spiro atoms. The first-order valence-corrected chi connectivity index (χ1v) is 4.90. The maximum atomic E-state index is 10.5. The van der Waals surface area contributed by atoms with E-state index in [1.165, 1.54) is 5.37 Å². The van der Waals surface area contributed by atoms with Crippen LogP contribution in [0.15, 0.2) is 30.5 Å². The van der Waals surface area contributed by atoms with Gasteiger partial charge in [0.15, 0.2) is 0 Å². The lowest BCUT2D eigenvalue weighted by Crippen LogP contribution is -1.82. The molecule has 0 bridgehead atoms. The van der Waals surface area contributed by atoms with Gasteiger partial charge in [0.05, 0.1) is 5.37 Å². The highest BCUT2D eigenvalue weighted by Gasteiger charge is 1.97. The van der Waals surface area contributed by atoms with Crippen LogP contribution in [0.4, 0.5) is 0 Å². The van der Waals surface area contributed by atoms with Gasteiger partial charge in [0.1, 0.15) is 0 Å². The van der Waals surface area contributed by atoms with Crippen molar-refractivity contribution < 1.29 is 8.42 Å². The Hall–Kier alpha value is -1.55. The molecule has 2 aromatic rings. The summed E-state index contributed by atoms with van der Waals surface area (Å²) in [7, 11) is -2.15. The first kappa shape index (κ1) is 8.07. The molecule has 0 unspecified atom stereocenters. The van der Waals surface area contributed by atoms with Crippen molar-refractivity contribution >= 4 is 26.6 Å². The molecule has 1 aromatic heterocycles. The molecule has 4 heteroatoms. The predicted molar refractivity (Wildman–Crippen MR) is 52.4 cm³/mol. The van der Waals surface area contributed by atoms with Crippen LogP contribution in [0, 0.1) is 0 Å². The van der Waals surface area contributed by atoms with E-state index in [0.717, 1.165) is 10.9 Å². The normalized spacial score (nSPS) is 10.2. The van der Waals surface area contributed by atoms with Crippen molar-refractivity contribution in [1.29, 1.82) is 0 Å². The maximum absolute atomic E-state index is 10.5. The Balaban J connectivity index is 2.82. The van der Waals surface area contributed by atoms with Gasteiger partial charge in [-0.2, -0.15) is 8.42 Å². The van der Waals surface area contributed by atoms with E-state index in [1.807, 2.05) is 18.2 Å². The number of H-pyrrole nitrogens is 1. The summed E-state index contributed by atoms with van der Waals surface area (Å²) >= 11 is 0. The Bertz CT molecular complexity index is 558. The quantitative estimate of drug-likeness (QED) is 0.692. The van der Waals surface area contributed by atoms with E-state index in [-0.39, 0.29) is 0 Å². The van der Waals surface area contributed by atoms with Gasteiger partial charge < -0.3 is 4.98 Å². The molecule has 0 atom stereocenters. The Labute approximate surface area is 76.5 Å². The van der Waals surface area contributed by atoms with E-state index in [1.54, 1.807) is 12.3 Å². The van der Waals surface area contributed by atoms with Crippen molar-refractivity contribution in [2.24, 2.45) is 0 Å². The molecule has 0 amide bonds. The Morgan fingerprint density at radius 2 is 2.08 bits per heavy atom. The third-order valence-corrected chi connectivity index (χ3v) is 2.30. The van der Waals surface area contributed by atoms with E-state index in [2.05, 4.69) is 4.98 Å². The number of benzene rings is 1. The lowest BCUT2D eigenvalue weighted by atomic mass is 10.1. The third-order valence-electron chi connectivity index (χ3n) is 1.85. The van der Waals surface area contributed by atoms with Crippen LogP contribution in [0.5, 0.6) is 0 Å². The van der Waals surface area contributed by atoms with Crippen LogP contribution in [0.1, 0.15) is 5.56 Å². The average molecular weight is 193 g/mol. The Morgan fingerprint density at radius 3 is 2.85 bits per heavy atom. The largest absolute Gasteiger partial charge is 0.361 e. The SMILES string of the molecule is O=S(=O)=Cc1cccc2[nH]ccc12. The molecule has 0 aliphatic heterocycles. The number of rotatable bonds is 1. The van der Waals surface area contributed by atoms with Crippen molar-refractivity contribution in [3.8, 4) is 0 Å². The summed E-state index contributed by atoms with van der Waals surface area (Å²) < 4.78 is 20.9. The molecule has 0 aliphatic carbocycles. The zero-order valence-electron chi connectivity index (χ0n) is 6.69. The van der Waals surface area contributed by atoms with Crippen molar-refractivity contribution in [3.05, 3.63) is 36.0 Å². The van der Waals surface area contributed by atoms with Crippen LogP contribution >= 0.6 is 0 Å². The summed E-state index contributed by atoms with van der Waals surface area (Å²) in [6.07, 6.45) is 1.79. The number of hydrogen-bond acceptors (Lipinski definition) is 2. The maximum Gasteiger partial charge on any atom is 0.214 e. The van der Waals surface area contributed by atoms with E-state index in [4.69, 9.17) is 0 Å². The molecular formula is C9H7NO2S. The second-order valence-corrected chi connectivity index (χ2v) is 3.42. The van der Waals surface area contributed by atoms with Gasteiger partial charge in [0, 0.05) is 17.1 Å². The summed E-state index contributed by atoms with van der Waals surface area (Å²) in [5, 5.41) is 2.13. The van der Waals surface area contributed by atoms with Crippen LogP contribution in [0.2, 0.25) is 0 Å². The summed E-state index contributed by atoms with van der Waals surface area (Å²) in [5.41, 5.74) is 1.66. The van der Waals surface area contributed by atoms with Gasteiger partial charge in [0.25, 0.3) is 0 Å². The van der Waals surface area contributed by atoms with Gasteiger partial charge in [-0.15, -0.1) is 0 Å². The van der Waals surface area contributed by atoms with Gasteiger partial charge in [-0.3, -0.25) is 0 Å². The fraction of sp³-hybridized carbons (Fsp3) is 0. The van der Waals surface area contributed by atoms with Crippen molar-refractivity contribution in [2.45, 2.75) is 0 Å². The molecular weight excluding hydrogens is 186 g/mol. The van der Waals surface area contributed by atoms with Crippen LogP contribution in [-0.4, -0.2) is 18.8 Å². The smallest absolute Gasteiger partial charge is 0.214 e. The number of aromatic amines is 1. The van der Waals surface area contributed by atoms with Gasteiger partial charge in [-0.1, -0.05) is 12.1 Å². The monoisotopic (exact) mass is 193 g/mol. The zero-order valence-corrected chi connectivity index (χ0v) is 7.51. The first-order chi connectivity index (χ1) is 6.27. The number of aromatic nitrogens is 1. The highest BCUT2D eigenvalue weighted by atomic mass is 32.2. The molecule has 1 N–H and O–H groups in total. The zero-order chi connectivity index (χ0) is 9.26. The van der Waals surface area contributed by atoms with Gasteiger partial charge >= 0.3 is 0 Å². The van der Waals surface area contributed by atoms with E-state index in [0.29, 0.717) is 5.56 Å². The fourth-order valence-electron chi connectivity index (χ4n) is 1.32. The number of fused-ring (bicyclic) bond motifs is 1. The van der Waals surface area contributed by atoms with Crippen molar-refractivity contribution in [3.63, 3.8) is 0 Å². The molecule has 0 fully saturated rings. The standard InChI is InChI=1S/C9H7NO2S/c11-13(12)6-7-2-1-3-9-8(7)4-5-10-9/h1-6,10H. The molecule has 0 saturated heterocycles. The highest BCUT2D eigenvalue weighted by Crippen LogP contribution is 2.14. The second kappa shape index (κ2) is 3.06. The van der Waals surface area contributed by atoms with E-state index < -0.39 is 10.3 Å². The summed E-state index contributed by atoms with van der Waals surface area (Å²) in [6.45, 7) is 0. The Morgan fingerprint density at radius 1 is 1.23 bits per heavy atom. The third kappa shape index (κ3) is 1.48. The van der Waals surface area contributed by atoms with Crippen molar-refractivity contribution in [1.82, 2.24) is 4.98 Å².